The van der Waals surface area contributed by atoms with Crippen molar-refractivity contribution in [2.75, 3.05) is 30.2 Å². The monoisotopic (exact) mass is 954 g/mol. The Balaban J connectivity index is 0.879. The molecule has 2 saturated heterocycles. The van der Waals surface area contributed by atoms with Crippen molar-refractivity contribution in [2.45, 2.75) is 56.6 Å². The van der Waals surface area contributed by atoms with Gasteiger partial charge in [-0.15, -0.1) is 0 Å². The van der Waals surface area contributed by atoms with Gasteiger partial charge in [0.2, 0.25) is 11.8 Å². The highest BCUT2D eigenvalue weighted by Crippen LogP contribution is 2.41. The lowest BCUT2D eigenvalue weighted by Crippen LogP contribution is -2.54. The maximum absolute atomic E-state index is 13.7. The molecular weight excluding hydrogens is 914 g/mol. The standard InChI is InChI=1S/C45H41F3N10O9S/c1-23(24-3-6-27(46)7-4-24)67-35-17-25(5-10-33(35)54-68(64,65)45(47)48)39-38-40(55(2)53-39)32(20-50-41(38)49)26-19-51-57(21-26)28-13-15-56(16-14-28)37(60)22-66-29-8-9-30-31(18-29)44(63)58(43(30)62)34-11-12-36(59)52-42(34)61/h3-10,17-21,23,28,34,45,54H,11-16,22H2,1-2H3,(H2,49,50)(H,52,59,61)/t23-,34?/m0/s1. The van der Waals surface area contributed by atoms with E-state index in [1.807, 2.05) is 15.6 Å². The van der Waals surface area contributed by atoms with E-state index in [1.165, 1.54) is 60.7 Å². The fraction of sp³-hybridized carbons (Fsp3) is 0.289. The SMILES string of the molecule is C[C@H](Oc1cc(-c2nn(C)c3c(-c4cnn(C5CCN(C(=O)COc6ccc7c(c6)C(=O)N(C6CCC(=O)NC6=O)C7=O)CC5)c4)cnc(N)c23)ccc1NS(=O)(=O)C(F)F)c1ccc(F)cc1. The van der Waals surface area contributed by atoms with Crippen LogP contribution in [0.4, 0.5) is 24.7 Å². The van der Waals surface area contributed by atoms with E-state index in [9.17, 15) is 45.6 Å². The van der Waals surface area contributed by atoms with Gasteiger partial charge in [0.1, 0.15) is 41.0 Å². The van der Waals surface area contributed by atoms with Crippen LogP contribution in [0.3, 0.4) is 0 Å². The van der Waals surface area contributed by atoms with E-state index in [2.05, 4.69) is 15.4 Å². The van der Waals surface area contributed by atoms with Crippen molar-refractivity contribution in [3.8, 4) is 33.9 Å². The fourth-order valence-corrected chi connectivity index (χ4v) is 9.19. The molecule has 23 heteroatoms. The molecule has 3 aliphatic heterocycles. The van der Waals surface area contributed by atoms with Crippen LogP contribution in [0.15, 0.2) is 79.3 Å². The zero-order valence-electron chi connectivity index (χ0n) is 36.2. The minimum absolute atomic E-state index is 0.00424. The second-order valence-corrected chi connectivity index (χ2v) is 18.1. The van der Waals surface area contributed by atoms with Crippen molar-refractivity contribution in [1.29, 1.82) is 0 Å². The van der Waals surface area contributed by atoms with Gasteiger partial charge in [-0.25, -0.2) is 17.8 Å². The summed E-state index contributed by atoms with van der Waals surface area (Å²) in [5.74, 6) is -6.80. The number of carbonyl (C=O) groups is 5. The number of hydrogen-bond donors (Lipinski definition) is 3. The minimum Gasteiger partial charge on any atom is -0.484 e. The number of anilines is 2. The molecule has 3 aromatic heterocycles. The number of nitrogen functional groups attached to an aromatic ring is 1. The van der Waals surface area contributed by atoms with Crippen molar-refractivity contribution >= 4 is 62.0 Å². The number of alkyl halides is 2. The Morgan fingerprint density at radius 1 is 0.941 bits per heavy atom. The number of benzene rings is 3. The van der Waals surface area contributed by atoms with Crippen LogP contribution < -0.4 is 25.2 Å². The number of imide groups is 2. The summed E-state index contributed by atoms with van der Waals surface area (Å²) in [6.07, 6.45) is 5.51. The topological polar surface area (TPSA) is 243 Å². The number of hydrogen-bond acceptors (Lipinski definition) is 13. The van der Waals surface area contributed by atoms with E-state index in [1.54, 1.807) is 35.9 Å². The first-order valence-corrected chi connectivity index (χ1v) is 22.8. The van der Waals surface area contributed by atoms with Crippen molar-refractivity contribution in [3.63, 3.8) is 0 Å². The van der Waals surface area contributed by atoms with E-state index in [4.69, 9.17) is 20.3 Å². The van der Waals surface area contributed by atoms with Crippen molar-refractivity contribution in [3.05, 3.63) is 102 Å². The summed E-state index contributed by atoms with van der Waals surface area (Å²) < 4.78 is 82.2. The number of rotatable bonds is 13. The van der Waals surface area contributed by atoms with E-state index in [0.29, 0.717) is 64.8 Å². The lowest BCUT2D eigenvalue weighted by Gasteiger charge is -2.32. The molecule has 0 aliphatic carbocycles. The second-order valence-electron chi connectivity index (χ2n) is 16.4. The average molecular weight is 955 g/mol. The molecule has 3 aromatic carbocycles. The third-order valence-electron chi connectivity index (χ3n) is 12.2. The molecule has 0 radical (unpaired) electrons. The van der Waals surface area contributed by atoms with Crippen molar-refractivity contribution in [1.82, 2.24) is 39.7 Å². The molecule has 3 aliphatic rings. The number of aromatic nitrogens is 5. The number of pyridine rings is 1. The van der Waals surface area contributed by atoms with Gasteiger partial charge in [-0.05, 0) is 74.2 Å². The molecule has 4 N–H and O–H groups in total. The number of nitrogens with one attached hydrogen (secondary N) is 2. The molecule has 0 saturated carbocycles. The van der Waals surface area contributed by atoms with Crippen LogP contribution in [0.25, 0.3) is 33.3 Å². The summed E-state index contributed by atoms with van der Waals surface area (Å²) >= 11 is 0. The fourth-order valence-electron chi connectivity index (χ4n) is 8.62. The molecule has 0 spiro atoms. The molecule has 5 amide bonds. The van der Waals surface area contributed by atoms with Crippen LogP contribution in [-0.4, -0.2) is 104 Å². The number of likely N-dealkylation sites (tertiary alicyclic amines) is 1. The number of piperidine rings is 2. The summed E-state index contributed by atoms with van der Waals surface area (Å²) in [4.78, 5) is 70.6. The first-order chi connectivity index (χ1) is 32.5. The molecule has 68 heavy (non-hydrogen) atoms. The van der Waals surface area contributed by atoms with Gasteiger partial charge in [-0.2, -0.15) is 19.0 Å². The summed E-state index contributed by atoms with van der Waals surface area (Å²) in [5.41, 5.74) is 9.51. The number of nitrogens with two attached hydrogens (primary N) is 1. The molecular formula is C45H41F3N10O9S. The number of fused-ring (bicyclic) bond motifs is 2. The van der Waals surface area contributed by atoms with Gasteiger partial charge >= 0.3 is 5.76 Å². The third kappa shape index (κ3) is 8.55. The summed E-state index contributed by atoms with van der Waals surface area (Å²) in [6, 6.07) is 12.7. The quantitative estimate of drug-likeness (QED) is 0.130. The molecule has 2 atom stereocenters. The number of aryl methyl sites for hydroxylation is 1. The zero-order valence-corrected chi connectivity index (χ0v) is 37.0. The molecule has 9 rings (SSSR count). The van der Waals surface area contributed by atoms with Gasteiger partial charge in [-0.1, -0.05) is 18.2 Å². The normalized spacial score (nSPS) is 17.2. The summed E-state index contributed by atoms with van der Waals surface area (Å²) in [6.45, 7) is 2.10. The number of halogens is 3. The first kappa shape index (κ1) is 45.3. The highest BCUT2D eigenvalue weighted by atomic mass is 32.2. The molecule has 2 fully saturated rings. The van der Waals surface area contributed by atoms with Gasteiger partial charge in [0.15, 0.2) is 6.61 Å². The highest BCUT2D eigenvalue weighted by molar-refractivity contribution is 7.93. The lowest BCUT2D eigenvalue weighted by atomic mass is 10.0. The van der Waals surface area contributed by atoms with Gasteiger partial charge in [-0.3, -0.25) is 48.3 Å². The van der Waals surface area contributed by atoms with Crippen LogP contribution in [0.1, 0.15) is 71.0 Å². The predicted octanol–water partition coefficient (Wildman–Crippen LogP) is 4.97. The molecule has 19 nitrogen and oxygen atoms in total. The Kier molecular flexibility index (Phi) is 11.8. The molecule has 1 unspecified atom stereocenters. The number of ether oxygens (including phenoxy) is 2. The molecule has 0 bridgehead atoms. The third-order valence-corrected chi connectivity index (χ3v) is 13.1. The Morgan fingerprint density at radius 3 is 2.40 bits per heavy atom. The van der Waals surface area contributed by atoms with Crippen LogP contribution >= 0.6 is 0 Å². The minimum atomic E-state index is -5.09. The van der Waals surface area contributed by atoms with Gasteiger partial charge < -0.3 is 20.1 Å². The predicted molar refractivity (Wildman–Crippen MR) is 237 cm³/mol. The number of carbonyl (C=O) groups excluding carboxylic acids is 5. The number of nitrogens with zero attached hydrogens (tertiary/aromatic N) is 7. The Hall–Kier alpha value is -7.82. The zero-order chi connectivity index (χ0) is 48.2. The Labute approximate surface area is 385 Å². The van der Waals surface area contributed by atoms with Crippen molar-refractivity contribution in [2.24, 2.45) is 7.05 Å². The van der Waals surface area contributed by atoms with E-state index < -0.39 is 57.4 Å². The number of amides is 5. The second kappa shape index (κ2) is 17.8. The van der Waals surface area contributed by atoms with E-state index in [0.717, 1.165) is 4.90 Å². The Morgan fingerprint density at radius 2 is 1.68 bits per heavy atom. The van der Waals surface area contributed by atoms with Crippen LogP contribution in [0, 0.1) is 5.82 Å². The van der Waals surface area contributed by atoms with E-state index >= 15 is 0 Å². The highest BCUT2D eigenvalue weighted by Gasteiger charge is 2.45. The van der Waals surface area contributed by atoms with Gasteiger partial charge in [0.05, 0.1) is 40.0 Å². The smallest absolute Gasteiger partial charge is 0.355 e. The number of sulfonamides is 1. The van der Waals surface area contributed by atoms with Crippen LogP contribution in [-0.2, 0) is 31.5 Å². The lowest BCUT2D eigenvalue weighted by molar-refractivity contribution is -0.136. The molecule has 6 aromatic rings. The first-order valence-electron chi connectivity index (χ1n) is 21.3. The van der Waals surface area contributed by atoms with Crippen LogP contribution in [0.5, 0.6) is 11.5 Å². The largest absolute Gasteiger partial charge is 0.484 e. The van der Waals surface area contributed by atoms with E-state index in [-0.39, 0.29) is 65.5 Å². The van der Waals surface area contributed by atoms with Gasteiger partial charge in [0.25, 0.3) is 27.7 Å². The Bertz CT molecular complexity index is 3150. The van der Waals surface area contributed by atoms with Crippen LogP contribution in [0.2, 0.25) is 0 Å². The molecule has 352 valence electrons. The summed E-state index contributed by atoms with van der Waals surface area (Å²) in [7, 11) is -3.39. The maximum atomic E-state index is 13.7. The summed E-state index contributed by atoms with van der Waals surface area (Å²) in [5, 5.41) is 12.0. The average Bonchev–Trinajstić information content (AvgIpc) is 4.01. The van der Waals surface area contributed by atoms with Gasteiger partial charge in [0, 0.05) is 55.6 Å². The van der Waals surface area contributed by atoms with Crippen molar-refractivity contribution < 1.29 is 55.0 Å². The molecule has 6 heterocycles. The maximum Gasteiger partial charge on any atom is 0.355 e.